The predicted molar refractivity (Wildman–Crippen MR) is 79.5 cm³/mol. The summed E-state index contributed by atoms with van der Waals surface area (Å²) in [5.41, 5.74) is 0. The van der Waals surface area contributed by atoms with Crippen LogP contribution in [0.5, 0.6) is 0 Å². The van der Waals surface area contributed by atoms with Crippen molar-refractivity contribution in [2.24, 2.45) is 0 Å². The topological polar surface area (TPSA) is 236 Å². The van der Waals surface area contributed by atoms with Crippen LogP contribution >= 0.6 is 7.82 Å². The number of hydrogen-bond donors (Lipinski definition) is 9. The van der Waals surface area contributed by atoms with Gasteiger partial charge in [0.2, 0.25) is 0 Å². The van der Waals surface area contributed by atoms with Gasteiger partial charge in [0.05, 0.1) is 13.2 Å². The lowest BCUT2D eigenvalue weighted by Crippen LogP contribution is -2.64. The summed E-state index contributed by atoms with van der Waals surface area (Å²) in [4.78, 5) is 17.8. The fourth-order valence-electron chi connectivity index (χ4n) is 2.76. The molecule has 0 unspecified atom stereocenters. The van der Waals surface area contributed by atoms with E-state index in [9.17, 15) is 35.2 Å². The zero-order chi connectivity index (χ0) is 20.5. The van der Waals surface area contributed by atoms with Crippen molar-refractivity contribution in [3.8, 4) is 0 Å². The average molecular weight is 422 g/mol. The van der Waals surface area contributed by atoms with Gasteiger partial charge in [0.25, 0.3) is 0 Å². The summed E-state index contributed by atoms with van der Waals surface area (Å²) in [6, 6.07) is 0. The van der Waals surface area contributed by atoms with Gasteiger partial charge < -0.3 is 59.7 Å². The Morgan fingerprint density at radius 2 is 1.22 bits per heavy atom. The normalized spacial score (nSPS) is 46.4. The van der Waals surface area contributed by atoms with Crippen LogP contribution in [0.25, 0.3) is 0 Å². The van der Waals surface area contributed by atoms with E-state index in [1.54, 1.807) is 0 Å². The summed E-state index contributed by atoms with van der Waals surface area (Å²) in [6.45, 7) is -1.59. The van der Waals surface area contributed by atoms with Gasteiger partial charge in [0.1, 0.15) is 48.8 Å². The second kappa shape index (κ2) is 9.02. The van der Waals surface area contributed by atoms with Crippen LogP contribution in [-0.2, 0) is 23.3 Å². The molecule has 0 spiro atoms. The lowest BCUT2D eigenvalue weighted by atomic mass is 9.98. The van der Waals surface area contributed by atoms with E-state index >= 15 is 0 Å². The quantitative estimate of drug-likeness (QED) is 0.182. The molecule has 0 aromatic carbocycles. The molecule has 2 aliphatic rings. The highest BCUT2D eigenvalue weighted by Gasteiger charge is 2.51. The zero-order valence-electron chi connectivity index (χ0n) is 13.7. The smallest absolute Gasteiger partial charge is 0.394 e. The van der Waals surface area contributed by atoms with Crippen molar-refractivity contribution in [1.29, 1.82) is 0 Å². The average Bonchev–Trinajstić information content (AvgIpc) is 2.60. The van der Waals surface area contributed by atoms with Crippen molar-refractivity contribution >= 4 is 7.82 Å². The number of aliphatic hydroxyl groups excluding tert-OH is 7. The molecule has 0 bridgehead atoms. The molecule has 2 heterocycles. The Labute approximate surface area is 152 Å². The van der Waals surface area contributed by atoms with Crippen LogP contribution in [0, 0.1) is 0 Å². The van der Waals surface area contributed by atoms with Gasteiger partial charge in [-0.3, -0.25) is 4.52 Å². The Kier molecular flexibility index (Phi) is 7.68. The van der Waals surface area contributed by atoms with E-state index in [0.717, 1.165) is 0 Å². The van der Waals surface area contributed by atoms with Crippen molar-refractivity contribution in [1.82, 2.24) is 0 Å². The van der Waals surface area contributed by atoms with E-state index in [-0.39, 0.29) is 0 Å². The molecular weight excluding hydrogens is 399 g/mol. The second-order valence-corrected chi connectivity index (χ2v) is 7.29. The molecule has 160 valence electrons. The molecule has 2 fully saturated rings. The van der Waals surface area contributed by atoms with Crippen LogP contribution in [0.3, 0.4) is 0 Å². The third kappa shape index (κ3) is 5.20. The first-order chi connectivity index (χ1) is 12.5. The molecule has 9 N–H and O–H groups in total. The molecular formula is C12H23O14P. The van der Waals surface area contributed by atoms with Gasteiger partial charge in [0, 0.05) is 0 Å². The highest BCUT2D eigenvalue weighted by atomic mass is 31.2. The Bertz CT molecular complexity index is 526. The minimum atomic E-state index is -5.16. The zero-order valence-corrected chi connectivity index (χ0v) is 14.6. The molecule has 0 aliphatic carbocycles. The first-order valence-corrected chi connectivity index (χ1v) is 9.35. The summed E-state index contributed by atoms with van der Waals surface area (Å²) in [6.07, 6.45) is -17.5. The van der Waals surface area contributed by atoms with Crippen LogP contribution in [0.1, 0.15) is 0 Å². The number of hydrogen-bond acceptors (Lipinski definition) is 12. The molecule has 0 aromatic rings. The molecule has 14 nitrogen and oxygen atoms in total. The first kappa shape index (κ1) is 23.0. The summed E-state index contributed by atoms with van der Waals surface area (Å²) in [5.74, 6) is 0. The molecule has 0 saturated carbocycles. The molecule has 0 radical (unpaired) electrons. The maximum atomic E-state index is 11.0. The van der Waals surface area contributed by atoms with E-state index < -0.39 is 82.4 Å². The monoisotopic (exact) mass is 422 g/mol. The first-order valence-electron chi connectivity index (χ1n) is 7.82. The van der Waals surface area contributed by atoms with E-state index in [2.05, 4.69) is 4.52 Å². The number of rotatable bonds is 6. The van der Waals surface area contributed by atoms with Gasteiger partial charge >= 0.3 is 7.82 Å². The molecule has 27 heavy (non-hydrogen) atoms. The molecule has 0 amide bonds. The Morgan fingerprint density at radius 3 is 1.70 bits per heavy atom. The summed E-state index contributed by atoms with van der Waals surface area (Å²) in [7, 11) is -5.16. The highest BCUT2D eigenvalue weighted by Crippen LogP contribution is 2.41. The lowest BCUT2D eigenvalue weighted by Gasteiger charge is -2.45. The van der Waals surface area contributed by atoms with Gasteiger partial charge in [-0.1, -0.05) is 0 Å². The van der Waals surface area contributed by atoms with Gasteiger partial charge in [-0.05, 0) is 0 Å². The fraction of sp³-hybridized carbons (Fsp3) is 1.00. The fourth-order valence-corrected chi connectivity index (χ4v) is 3.33. The summed E-state index contributed by atoms with van der Waals surface area (Å²) < 4.78 is 30.7. The maximum Gasteiger partial charge on any atom is 0.470 e. The number of ether oxygens (including phenoxy) is 3. The van der Waals surface area contributed by atoms with E-state index in [1.165, 1.54) is 0 Å². The Hall–Kier alpha value is -0.290. The lowest BCUT2D eigenvalue weighted by molar-refractivity contribution is -0.375. The molecule has 2 aliphatic heterocycles. The number of aliphatic hydroxyl groups is 7. The summed E-state index contributed by atoms with van der Waals surface area (Å²) >= 11 is 0. The van der Waals surface area contributed by atoms with Gasteiger partial charge in [-0.15, -0.1) is 0 Å². The van der Waals surface area contributed by atoms with Crippen molar-refractivity contribution in [3.05, 3.63) is 0 Å². The third-order valence-electron chi connectivity index (χ3n) is 4.20. The van der Waals surface area contributed by atoms with Crippen LogP contribution < -0.4 is 0 Å². The van der Waals surface area contributed by atoms with E-state index in [1.807, 2.05) is 0 Å². The molecule has 10 atom stereocenters. The molecule has 15 heteroatoms. The van der Waals surface area contributed by atoms with Crippen molar-refractivity contribution in [2.75, 3.05) is 13.2 Å². The minimum Gasteiger partial charge on any atom is -0.394 e. The minimum absolute atomic E-state index is 0.749. The predicted octanol–water partition coefficient (Wildman–Crippen LogP) is -5.28. The van der Waals surface area contributed by atoms with Gasteiger partial charge in [-0.25, -0.2) is 4.57 Å². The van der Waals surface area contributed by atoms with Crippen LogP contribution in [-0.4, -0.2) is 120 Å². The second-order valence-electron chi connectivity index (χ2n) is 6.10. The standard InChI is InChI=1S/C12H23O14P/c13-1-3-5(15)7(17)8(18)11(23-3)25-12-9(19)10(26-27(20,21)22)6(16)4(2-14)24-12/h3-19H,1-2H2,(H2,20,21,22)/t3-,4-,5-,6-,7+,8-,9-,10+,11-,12-/m1/s1. The maximum absolute atomic E-state index is 11.0. The molecule has 2 rings (SSSR count). The van der Waals surface area contributed by atoms with Gasteiger partial charge in [0.15, 0.2) is 12.6 Å². The van der Waals surface area contributed by atoms with E-state index in [0.29, 0.717) is 0 Å². The number of phosphoric acid groups is 1. The van der Waals surface area contributed by atoms with Crippen LogP contribution in [0.4, 0.5) is 0 Å². The number of phosphoric ester groups is 1. The Morgan fingerprint density at radius 1 is 0.741 bits per heavy atom. The molecule has 2 saturated heterocycles. The third-order valence-corrected chi connectivity index (χ3v) is 4.72. The van der Waals surface area contributed by atoms with Crippen molar-refractivity contribution in [2.45, 2.75) is 61.4 Å². The summed E-state index contributed by atoms with van der Waals surface area (Å²) in [5, 5.41) is 67.9. The molecule has 0 aromatic heterocycles. The van der Waals surface area contributed by atoms with E-state index in [4.69, 9.17) is 29.1 Å². The van der Waals surface area contributed by atoms with Crippen molar-refractivity contribution < 1.29 is 68.8 Å². The van der Waals surface area contributed by atoms with Crippen LogP contribution in [0.2, 0.25) is 0 Å². The largest absolute Gasteiger partial charge is 0.470 e. The SMILES string of the molecule is O=P(O)(O)O[C@@H]1[C@@H](O)[C@@H](O[C@H]2O[C@H](CO)[C@@H](O)[C@H](O)[C@H]2O)O[C@H](CO)[C@H]1O. The van der Waals surface area contributed by atoms with Crippen LogP contribution in [0.15, 0.2) is 0 Å². The van der Waals surface area contributed by atoms with Crippen molar-refractivity contribution in [3.63, 3.8) is 0 Å². The Balaban J connectivity index is 2.17. The van der Waals surface area contributed by atoms with Gasteiger partial charge in [-0.2, -0.15) is 0 Å². The highest BCUT2D eigenvalue weighted by molar-refractivity contribution is 7.46.